The van der Waals surface area contributed by atoms with E-state index < -0.39 is 11.4 Å². The van der Waals surface area contributed by atoms with Crippen molar-refractivity contribution in [2.45, 2.75) is 90.6 Å². The zero-order valence-corrected chi connectivity index (χ0v) is 25.5. The van der Waals surface area contributed by atoms with Crippen molar-refractivity contribution >= 4 is 29.7 Å². The molecule has 0 spiro atoms. The van der Waals surface area contributed by atoms with Gasteiger partial charge in [-0.15, -0.1) is 0 Å². The summed E-state index contributed by atoms with van der Waals surface area (Å²) in [5.74, 6) is -1.12. The number of carbonyl (C=O) groups excluding carboxylic acids is 1. The molecule has 1 aliphatic carbocycles. The van der Waals surface area contributed by atoms with E-state index in [1.807, 2.05) is 54.6 Å². The highest BCUT2D eigenvalue weighted by molar-refractivity contribution is 5.94. The number of amides is 1. The van der Waals surface area contributed by atoms with Crippen LogP contribution in [0.4, 0.5) is 5.69 Å². The molecule has 2 aromatic carbocycles. The molecule has 4 rings (SSSR count). The Morgan fingerprint density at radius 3 is 2.35 bits per heavy atom. The van der Waals surface area contributed by atoms with Gasteiger partial charge in [0.2, 0.25) is 5.91 Å². The zero-order valence-electron chi connectivity index (χ0n) is 25.5. The van der Waals surface area contributed by atoms with E-state index >= 15 is 0 Å². The Hall–Kier alpha value is -3.77. The second kappa shape index (κ2) is 16.8. The van der Waals surface area contributed by atoms with Gasteiger partial charge in [0.1, 0.15) is 0 Å². The number of rotatable bonds is 16. The van der Waals surface area contributed by atoms with Crippen LogP contribution in [-0.4, -0.2) is 28.6 Å². The first kappa shape index (κ1) is 32.2. The molecule has 1 aliphatic rings. The molecule has 1 heterocycles. The molecular weight excluding hydrogens is 536 g/mol. The van der Waals surface area contributed by atoms with Gasteiger partial charge in [-0.2, -0.15) is 0 Å². The minimum atomic E-state index is -0.944. The maximum absolute atomic E-state index is 12.8. The van der Waals surface area contributed by atoms with Crippen LogP contribution in [0.2, 0.25) is 0 Å². The molecule has 0 unspecified atom stereocenters. The molecule has 3 aromatic rings. The second-order valence-corrected chi connectivity index (χ2v) is 11.8. The summed E-state index contributed by atoms with van der Waals surface area (Å²) >= 11 is 0. The van der Waals surface area contributed by atoms with Gasteiger partial charge in [0.15, 0.2) is 0 Å². The van der Waals surface area contributed by atoms with Crippen LogP contribution in [0.1, 0.15) is 99.2 Å². The highest BCUT2D eigenvalue weighted by atomic mass is 16.5. The minimum absolute atomic E-state index is 0.00810. The van der Waals surface area contributed by atoms with Crippen LogP contribution >= 0.6 is 0 Å². The summed E-state index contributed by atoms with van der Waals surface area (Å²) in [6.07, 6.45) is 14.6. The molecule has 1 fully saturated rings. The van der Waals surface area contributed by atoms with Crippen molar-refractivity contribution in [3.63, 3.8) is 0 Å². The Morgan fingerprint density at radius 1 is 0.907 bits per heavy atom. The van der Waals surface area contributed by atoms with E-state index in [0.29, 0.717) is 31.7 Å². The molecule has 0 radical (unpaired) electrons. The average Bonchev–Trinajstić information content (AvgIpc) is 3.02. The fraction of sp³-hybridized carbons (Fsp3) is 0.432. The third kappa shape index (κ3) is 10.5. The lowest BCUT2D eigenvalue weighted by Crippen LogP contribution is -2.37. The molecule has 6 heteroatoms. The van der Waals surface area contributed by atoms with Crippen molar-refractivity contribution in [2.24, 2.45) is 5.41 Å². The maximum Gasteiger partial charge on any atom is 0.310 e. The molecule has 0 bridgehead atoms. The Labute approximate surface area is 256 Å². The van der Waals surface area contributed by atoms with Crippen molar-refractivity contribution in [1.29, 1.82) is 0 Å². The second-order valence-electron chi connectivity index (χ2n) is 11.8. The number of nitrogens with zero attached hydrogens (tertiary/aromatic N) is 1. The third-order valence-corrected chi connectivity index (χ3v) is 8.30. The lowest BCUT2D eigenvalue weighted by atomic mass is 9.71. The maximum atomic E-state index is 12.8. The van der Waals surface area contributed by atoms with Gasteiger partial charge in [0, 0.05) is 18.7 Å². The zero-order chi connectivity index (χ0) is 30.3. The molecule has 6 nitrogen and oxygen atoms in total. The summed E-state index contributed by atoms with van der Waals surface area (Å²) < 4.78 is 5.90. The number of carboxylic acid groups (broad SMARTS) is 1. The van der Waals surface area contributed by atoms with Gasteiger partial charge in [-0.3, -0.25) is 14.6 Å². The number of unbranched alkanes of at least 4 members (excludes halogenated alkanes) is 2. The molecule has 0 saturated heterocycles. The number of benzene rings is 2. The first-order valence-electron chi connectivity index (χ1n) is 15.9. The van der Waals surface area contributed by atoms with Crippen molar-refractivity contribution in [2.75, 3.05) is 11.9 Å². The standard InChI is InChI=1S/C37H46N2O4/c1-2-3-11-29-17-19-30(20-18-29)12-5-8-25-43-28-34-16-10-14-32(38-34)22-21-31-13-9-15-33(26-31)39-35(40)27-37(36(41)42)23-6-4-7-24-37/h9-10,13-22,26H,2-8,11-12,23-25,27-28H2,1H3,(H,39,40)(H,41,42)/b22-21+. The number of aliphatic carboxylic acids is 1. The van der Waals surface area contributed by atoms with E-state index in [-0.39, 0.29) is 12.3 Å². The van der Waals surface area contributed by atoms with Crippen molar-refractivity contribution in [1.82, 2.24) is 4.98 Å². The van der Waals surface area contributed by atoms with Crippen LogP contribution in [0.5, 0.6) is 0 Å². The smallest absolute Gasteiger partial charge is 0.310 e. The molecule has 1 aromatic heterocycles. The van der Waals surface area contributed by atoms with E-state index in [4.69, 9.17) is 9.72 Å². The lowest BCUT2D eigenvalue weighted by Gasteiger charge is -2.32. The van der Waals surface area contributed by atoms with Crippen LogP contribution in [0.25, 0.3) is 12.2 Å². The number of nitrogens with one attached hydrogen (secondary N) is 1. The number of aromatic nitrogens is 1. The summed E-state index contributed by atoms with van der Waals surface area (Å²) in [6, 6.07) is 22.5. The van der Waals surface area contributed by atoms with E-state index in [1.165, 1.54) is 30.4 Å². The van der Waals surface area contributed by atoms with Gasteiger partial charge < -0.3 is 15.2 Å². The van der Waals surface area contributed by atoms with Gasteiger partial charge in [0.05, 0.1) is 23.4 Å². The van der Waals surface area contributed by atoms with Gasteiger partial charge in [-0.05, 0) is 92.0 Å². The first-order chi connectivity index (χ1) is 21.0. The number of pyridine rings is 1. The number of hydrogen-bond acceptors (Lipinski definition) is 4. The summed E-state index contributed by atoms with van der Waals surface area (Å²) in [5, 5.41) is 12.7. The Balaban J connectivity index is 1.20. The molecule has 0 aliphatic heterocycles. The SMILES string of the molecule is CCCCc1ccc(CCCCOCc2cccc(/C=C/c3cccc(NC(=O)CC4(C(=O)O)CCCCC4)c3)n2)cc1. The van der Waals surface area contributed by atoms with Crippen molar-refractivity contribution in [3.05, 3.63) is 94.8 Å². The number of carbonyl (C=O) groups is 2. The molecule has 1 saturated carbocycles. The van der Waals surface area contributed by atoms with Crippen LogP contribution in [-0.2, 0) is 33.8 Å². The highest BCUT2D eigenvalue weighted by Crippen LogP contribution is 2.39. The summed E-state index contributed by atoms with van der Waals surface area (Å²) in [5.41, 5.74) is 5.17. The summed E-state index contributed by atoms with van der Waals surface area (Å²) in [4.78, 5) is 29.4. The molecule has 43 heavy (non-hydrogen) atoms. The summed E-state index contributed by atoms with van der Waals surface area (Å²) in [7, 11) is 0. The predicted molar refractivity (Wildman–Crippen MR) is 174 cm³/mol. The van der Waals surface area contributed by atoms with Crippen LogP contribution in [0, 0.1) is 5.41 Å². The topological polar surface area (TPSA) is 88.5 Å². The van der Waals surface area contributed by atoms with Crippen LogP contribution in [0.15, 0.2) is 66.7 Å². The van der Waals surface area contributed by atoms with Crippen LogP contribution in [0.3, 0.4) is 0 Å². The Morgan fingerprint density at radius 2 is 1.63 bits per heavy atom. The normalized spacial score (nSPS) is 14.5. The van der Waals surface area contributed by atoms with Crippen molar-refractivity contribution in [3.8, 4) is 0 Å². The molecule has 1 amide bonds. The monoisotopic (exact) mass is 582 g/mol. The molecular formula is C37H46N2O4. The summed E-state index contributed by atoms with van der Waals surface area (Å²) in [6.45, 7) is 3.42. The highest BCUT2D eigenvalue weighted by Gasteiger charge is 2.41. The lowest BCUT2D eigenvalue weighted by molar-refractivity contribution is -0.153. The first-order valence-corrected chi connectivity index (χ1v) is 15.9. The van der Waals surface area contributed by atoms with Gasteiger partial charge in [-0.25, -0.2) is 0 Å². The number of anilines is 1. The number of ether oxygens (including phenoxy) is 1. The largest absolute Gasteiger partial charge is 0.481 e. The van der Waals surface area contributed by atoms with E-state index in [1.54, 1.807) is 0 Å². The minimum Gasteiger partial charge on any atom is -0.481 e. The Kier molecular flexibility index (Phi) is 12.5. The average molecular weight is 583 g/mol. The number of aryl methyl sites for hydroxylation is 2. The quantitative estimate of drug-likeness (QED) is 0.165. The third-order valence-electron chi connectivity index (χ3n) is 8.30. The Bertz CT molecular complexity index is 1340. The van der Waals surface area contributed by atoms with E-state index in [9.17, 15) is 14.7 Å². The van der Waals surface area contributed by atoms with E-state index in [0.717, 1.165) is 55.5 Å². The molecule has 2 N–H and O–H groups in total. The van der Waals surface area contributed by atoms with Crippen LogP contribution < -0.4 is 5.32 Å². The fourth-order valence-corrected chi connectivity index (χ4v) is 5.74. The fourth-order valence-electron chi connectivity index (χ4n) is 5.74. The van der Waals surface area contributed by atoms with Gasteiger partial charge in [-0.1, -0.05) is 81.1 Å². The van der Waals surface area contributed by atoms with Crippen molar-refractivity contribution < 1.29 is 19.4 Å². The number of carboxylic acids is 1. The molecule has 228 valence electrons. The van der Waals surface area contributed by atoms with E-state index in [2.05, 4.69) is 36.5 Å². The predicted octanol–water partition coefficient (Wildman–Crippen LogP) is 8.50. The molecule has 0 atom stereocenters. The van der Waals surface area contributed by atoms with Gasteiger partial charge in [0.25, 0.3) is 0 Å². The number of hydrogen-bond donors (Lipinski definition) is 2. The van der Waals surface area contributed by atoms with Gasteiger partial charge >= 0.3 is 5.97 Å².